The molecule has 0 radical (unpaired) electrons. The molecule has 1 aromatic rings. The Morgan fingerprint density at radius 1 is 1.26 bits per heavy atom. The lowest BCUT2D eigenvalue weighted by molar-refractivity contribution is -0.142. The summed E-state index contributed by atoms with van der Waals surface area (Å²) in [6.45, 7) is 0.409. The fraction of sp³-hybridized carbons (Fsp3) is 0.462. The van der Waals surface area contributed by atoms with Crippen molar-refractivity contribution >= 4 is 11.9 Å². The number of aromatic nitrogens is 1. The predicted molar refractivity (Wildman–Crippen MR) is 68.0 cm³/mol. The van der Waals surface area contributed by atoms with Crippen LogP contribution in [0.3, 0.4) is 0 Å². The zero-order valence-electron chi connectivity index (χ0n) is 10.5. The molecule has 1 fully saturated rings. The maximum atomic E-state index is 12.3. The number of H-pyrrole nitrogens is 1. The Kier molecular flexibility index (Phi) is 3.99. The van der Waals surface area contributed by atoms with E-state index >= 15 is 0 Å². The van der Waals surface area contributed by atoms with Crippen molar-refractivity contribution in [3.8, 4) is 0 Å². The number of pyridine rings is 1. The van der Waals surface area contributed by atoms with E-state index in [1.807, 2.05) is 0 Å². The van der Waals surface area contributed by atoms with Gasteiger partial charge >= 0.3 is 5.97 Å². The number of carbonyl (C=O) groups excluding carboxylic acids is 1. The van der Waals surface area contributed by atoms with Crippen LogP contribution in [-0.4, -0.2) is 39.5 Å². The molecule has 0 bridgehead atoms. The Morgan fingerprint density at radius 2 is 2.05 bits per heavy atom. The molecule has 2 N–H and O–H groups in total. The summed E-state index contributed by atoms with van der Waals surface area (Å²) >= 11 is 0. The van der Waals surface area contributed by atoms with Gasteiger partial charge in [0.25, 0.3) is 5.91 Å². The molecule has 1 amide bonds. The first-order valence-corrected chi connectivity index (χ1v) is 6.32. The van der Waals surface area contributed by atoms with Gasteiger partial charge in [0.1, 0.15) is 11.7 Å². The Balaban J connectivity index is 2.28. The molecule has 1 aromatic heterocycles. The molecule has 1 atom stereocenters. The SMILES string of the molecule is O=C(O)C1CCCCCN1C(=O)c1cccc(=O)[nH]1. The van der Waals surface area contributed by atoms with Crippen molar-refractivity contribution in [1.82, 2.24) is 9.88 Å². The number of likely N-dealkylation sites (tertiary alicyclic amines) is 1. The van der Waals surface area contributed by atoms with Crippen LogP contribution in [0.1, 0.15) is 36.2 Å². The first-order valence-electron chi connectivity index (χ1n) is 6.32. The molecule has 0 aliphatic carbocycles. The number of rotatable bonds is 2. The topological polar surface area (TPSA) is 90.5 Å². The molecule has 102 valence electrons. The van der Waals surface area contributed by atoms with Crippen LogP contribution in [-0.2, 0) is 4.79 Å². The third-order valence-corrected chi connectivity index (χ3v) is 3.30. The largest absolute Gasteiger partial charge is 0.480 e. The van der Waals surface area contributed by atoms with E-state index in [0.717, 1.165) is 19.3 Å². The molecule has 6 heteroatoms. The first kappa shape index (κ1) is 13.3. The maximum absolute atomic E-state index is 12.3. The summed E-state index contributed by atoms with van der Waals surface area (Å²) in [6.07, 6.45) is 2.95. The quantitative estimate of drug-likeness (QED) is 0.828. The van der Waals surface area contributed by atoms with E-state index in [1.54, 1.807) is 0 Å². The Hall–Kier alpha value is -2.11. The van der Waals surface area contributed by atoms with Crippen molar-refractivity contribution in [2.75, 3.05) is 6.54 Å². The average Bonchev–Trinajstić information content (AvgIpc) is 2.63. The van der Waals surface area contributed by atoms with Gasteiger partial charge in [-0.15, -0.1) is 0 Å². The summed E-state index contributed by atoms with van der Waals surface area (Å²) in [7, 11) is 0. The lowest BCUT2D eigenvalue weighted by Crippen LogP contribution is -2.45. The van der Waals surface area contributed by atoms with Gasteiger partial charge in [-0.3, -0.25) is 9.59 Å². The van der Waals surface area contributed by atoms with Gasteiger partial charge in [-0.05, 0) is 18.9 Å². The number of amides is 1. The van der Waals surface area contributed by atoms with Gasteiger partial charge in [0.05, 0.1) is 0 Å². The normalized spacial score (nSPS) is 19.8. The van der Waals surface area contributed by atoms with E-state index in [0.29, 0.717) is 13.0 Å². The molecule has 0 aromatic carbocycles. The molecular weight excluding hydrogens is 248 g/mol. The maximum Gasteiger partial charge on any atom is 0.326 e. The van der Waals surface area contributed by atoms with Crippen molar-refractivity contribution in [2.45, 2.75) is 31.7 Å². The minimum Gasteiger partial charge on any atom is -0.480 e. The van der Waals surface area contributed by atoms with E-state index in [4.69, 9.17) is 0 Å². The van der Waals surface area contributed by atoms with Gasteiger partial charge in [-0.2, -0.15) is 0 Å². The van der Waals surface area contributed by atoms with Crippen LogP contribution in [0.2, 0.25) is 0 Å². The molecule has 2 heterocycles. The van der Waals surface area contributed by atoms with Crippen LogP contribution in [0.5, 0.6) is 0 Å². The third-order valence-electron chi connectivity index (χ3n) is 3.30. The molecule has 1 saturated heterocycles. The zero-order valence-corrected chi connectivity index (χ0v) is 10.5. The zero-order chi connectivity index (χ0) is 13.8. The number of carboxylic acids is 1. The lowest BCUT2D eigenvalue weighted by Gasteiger charge is -2.26. The highest BCUT2D eigenvalue weighted by Gasteiger charge is 2.31. The predicted octanol–water partition coefficient (Wildman–Crippen LogP) is 0.844. The first-order chi connectivity index (χ1) is 9.09. The molecule has 1 aliphatic heterocycles. The molecule has 0 spiro atoms. The minimum absolute atomic E-state index is 0.139. The second kappa shape index (κ2) is 5.69. The van der Waals surface area contributed by atoms with Crippen molar-refractivity contribution in [3.63, 3.8) is 0 Å². The minimum atomic E-state index is -0.992. The van der Waals surface area contributed by atoms with Crippen LogP contribution in [0, 0.1) is 0 Å². The lowest BCUT2D eigenvalue weighted by atomic mass is 10.1. The number of carbonyl (C=O) groups is 2. The molecular formula is C13H16N2O4. The Labute approximate surface area is 110 Å². The van der Waals surface area contributed by atoms with Gasteiger partial charge in [0, 0.05) is 12.6 Å². The standard InChI is InChI=1S/C13H16N2O4/c16-11-7-4-5-9(14-11)12(17)15-8-3-1-2-6-10(15)13(18)19/h4-5,7,10H,1-3,6,8H2,(H,14,16)(H,18,19). The average molecular weight is 264 g/mol. The van der Waals surface area contributed by atoms with Crippen molar-refractivity contribution in [2.24, 2.45) is 0 Å². The molecule has 1 aliphatic rings. The molecule has 2 rings (SSSR count). The summed E-state index contributed by atoms with van der Waals surface area (Å²) < 4.78 is 0. The van der Waals surface area contributed by atoms with E-state index < -0.39 is 17.9 Å². The second-order valence-electron chi connectivity index (χ2n) is 4.63. The molecule has 0 saturated carbocycles. The summed E-state index contributed by atoms with van der Waals surface area (Å²) in [6, 6.07) is 3.49. The molecule has 1 unspecified atom stereocenters. The molecule has 19 heavy (non-hydrogen) atoms. The van der Waals surface area contributed by atoms with E-state index in [9.17, 15) is 19.5 Å². The number of aromatic amines is 1. The third kappa shape index (κ3) is 3.01. The van der Waals surface area contributed by atoms with Gasteiger partial charge in [0.2, 0.25) is 5.56 Å². The monoisotopic (exact) mass is 264 g/mol. The van der Waals surface area contributed by atoms with E-state index in [-0.39, 0.29) is 11.3 Å². The highest BCUT2D eigenvalue weighted by atomic mass is 16.4. The molecule has 6 nitrogen and oxygen atoms in total. The highest BCUT2D eigenvalue weighted by Crippen LogP contribution is 2.18. The van der Waals surface area contributed by atoms with Gasteiger partial charge < -0.3 is 15.0 Å². The summed E-state index contributed by atoms with van der Waals surface area (Å²) in [5.41, 5.74) is -0.229. The van der Waals surface area contributed by atoms with Crippen molar-refractivity contribution < 1.29 is 14.7 Å². The van der Waals surface area contributed by atoms with Crippen LogP contribution in [0.15, 0.2) is 23.0 Å². The van der Waals surface area contributed by atoms with Gasteiger partial charge in [-0.25, -0.2) is 4.79 Å². The van der Waals surface area contributed by atoms with Crippen molar-refractivity contribution in [3.05, 3.63) is 34.2 Å². The Morgan fingerprint density at radius 3 is 2.74 bits per heavy atom. The number of hydrogen-bond acceptors (Lipinski definition) is 3. The highest BCUT2D eigenvalue weighted by molar-refractivity contribution is 5.95. The van der Waals surface area contributed by atoms with Crippen molar-refractivity contribution in [1.29, 1.82) is 0 Å². The number of nitrogens with zero attached hydrogens (tertiary/aromatic N) is 1. The van der Waals surface area contributed by atoms with E-state index in [1.165, 1.54) is 23.1 Å². The van der Waals surface area contributed by atoms with Crippen LogP contribution < -0.4 is 5.56 Å². The van der Waals surface area contributed by atoms with Gasteiger partial charge in [-0.1, -0.05) is 18.9 Å². The number of hydrogen-bond donors (Lipinski definition) is 2. The van der Waals surface area contributed by atoms with Crippen LogP contribution >= 0.6 is 0 Å². The summed E-state index contributed by atoms with van der Waals surface area (Å²) in [5.74, 6) is -1.42. The summed E-state index contributed by atoms with van der Waals surface area (Å²) in [5, 5.41) is 9.22. The van der Waals surface area contributed by atoms with Gasteiger partial charge in [0.15, 0.2) is 0 Å². The second-order valence-corrected chi connectivity index (χ2v) is 4.63. The fourth-order valence-corrected chi connectivity index (χ4v) is 2.34. The van der Waals surface area contributed by atoms with Crippen LogP contribution in [0.25, 0.3) is 0 Å². The number of carboxylic acid groups (broad SMARTS) is 1. The van der Waals surface area contributed by atoms with Crippen LogP contribution in [0.4, 0.5) is 0 Å². The number of aliphatic carboxylic acids is 1. The van der Waals surface area contributed by atoms with E-state index in [2.05, 4.69) is 4.98 Å². The Bertz CT molecular complexity index is 537. The smallest absolute Gasteiger partial charge is 0.326 e. The summed E-state index contributed by atoms with van der Waals surface area (Å²) in [4.78, 5) is 38.6. The fourth-order valence-electron chi connectivity index (χ4n) is 2.34. The number of nitrogens with one attached hydrogen (secondary N) is 1.